The zero-order chi connectivity index (χ0) is 20.6. The van der Waals surface area contributed by atoms with Gasteiger partial charge in [0.25, 0.3) is 0 Å². The van der Waals surface area contributed by atoms with E-state index in [2.05, 4.69) is 4.98 Å². The van der Waals surface area contributed by atoms with Gasteiger partial charge in [0.15, 0.2) is 5.60 Å². The van der Waals surface area contributed by atoms with E-state index in [0.717, 1.165) is 12.1 Å². The lowest BCUT2D eigenvalue weighted by Crippen LogP contribution is -2.50. The zero-order valence-electron chi connectivity index (χ0n) is 15.7. The third-order valence-electron chi connectivity index (χ3n) is 4.59. The molecule has 0 aliphatic carbocycles. The summed E-state index contributed by atoms with van der Waals surface area (Å²) in [5, 5.41) is 20.6. The van der Waals surface area contributed by atoms with Crippen LogP contribution in [0.3, 0.4) is 0 Å². The van der Waals surface area contributed by atoms with Crippen molar-refractivity contribution in [1.29, 1.82) is 0 Å². The third-order valence-corrected chi connectivity index (χ3v) is 4.59. The number of phenolic OH excluding ortho intramolecular Hbond substituents is 1. The highest BCUT2D eigenvalue weighted by Gasteiger charge is 2.56. The van der Waals surface area contributed by atoms with E-state index in [0.29, 0.717) is 17.0 Å². The fraction of sp³-hybridized carbons (Fsp3) is 0.450. The summed E-state index contributed by atoms with van der Waals surface area (Å²) < 4.78 is 54.7. The molecule has 27 heavy (non-hydrogen) atoms. The first-order chi connectivity index (χ1) is 12.2. The minimum Gasteiger partial charge on any atom is -0.508 e. The monoisotopic (exact) mass is 385 g/mol. The number of rotatable bonds is 5. The van der Waals surface area contributed by atoms with Gasteiger partial charge >= 0.3 is 6.18 Å². The molecule has 0 amide bonds. The predicted molar refractivity (Wildman–Crippen MR) is 94.1 cm³/mol. The fourth-order valence-corrected chi connectivity index (χ4v) is 3.53. The van der Waals surface area contributed by atoms with Gasteiger partial charge in [-0.15, -0.1) is 0 Å². The average Bonchev–Trinajstić information content (AvgIpc) is 2.43. The van der Waals surface area contributed by atoms with E-state index in [9.17, 15) is 27.8 Å². The molecule has 1 aromatic carbocycles. The van der Waals surface area contributed by atoms with Crippen molar-refractivity contribution in [2.45, 2.75) is 57.7 Å². The Kier molecular flexibility index (Phi) is 5.57. The number of halogens is 4. The van der Waals surface area contributed by atoms with Gasteiger partial charge in [0.05, 0.1) is 0 Å². The molecule has 148 valence electrons. The summed E-state index contributed by atoms with van der Waals surface area (Å²) in [4.78, 5) is 4.14. The second-order valence-electron chi connectivity index (χ2n) is 7.69. The quantitative estimate of drug-likeness (QED) is 0.731. The summed E-state index contributed by atoms with van der Waals surface area (Å²) in [6, 6.07) is 6.17. The molecular formula is C20H23F4NO2. The maximum atomic E-state index is 13.8. The molecule has 0 spiro atoms. The Balaban J connectivity index is 2.43. The average molecular weight is 385 g/mol. The number of nitrogens with zero attached hydrogens (tertiary/aromatic N) is 1. The van der Waals surface area contributed by atoms with Gasteiger partial charge in [0.1, 0.15) is 11.6 Å². The summed E-state index contributed by atoms with van der Waals surface area (Å²) in [7, 11) is 0. The van der Waals surface area contributed by atoms with Crippen LogP contribution in [-0.2, 0) is 11.8 Å². The van der Waals surface area contributed by atoms with Crippen LogP contribution in [0.2, 0.25) is 0 Å². The Morgan fingerprint density at radius 2 is 1.56 bits per heavy atom. The van der Waals surface area contributed by atoms with E-state index in [1.54, 1.807) is 13.8 Å². The lowest BCUT2D eigenvalue weighted by atomic mass is 9.72. The van der Waals surface area contributed by atoms with Crippen molar-refractivity contribution in [3.8, 4) is 5.75 Å². The summed E-state index contributed by atoms with van der Waals surface area (Å²) in [5.74, 6) is -1.14. The van der Waals surface area contributed by atoms with Crippen molar-refractivity contribution >= 4 is 0 Å². The Morgan fingerprint density at radius 1 is 1.00 bits per heavy atom. The van der Waals surface area contributed by atoms with Crippen LogP contribution in [0.1, 0.15) is 42.8 Å². The largest absolute Gasteiger partial charge is 0.508 e. The topological polar surface area (TPSA) is 53.4 Å². The van der Waals surface area contributed by atoms with Gasteiger partial charge in [-0.25, -0.2) is 4.39 Å². The van der Waals surface area contributed by atoms with Crippen LogP contribution < -0.4 is 0 Å². The van der Waals surface area contributed by atoms with Gasteiger partial charge in [-0.05, 0) is 55.0 Å². The lowest BCUT2D eigenvalue weighted by Gasteiger charge is -2.38. The van der Waals surface area contributed by atoms with E-state index >= 15 is 0 Å². The second kappa shape index (κ2) is 7.11. The maximum Gasteiger partial charge on any atom is 0.417 e. The molecule has 0 saturated carbocycles. The Hall–Kier alpha value is -2.15. The molecule has 0 aliphatic rings. The highest BCUT2D eigenvalue weighted by molar-refractivity contribution is 5.39. The highest BCUT2D eigenvalue weighted by Crippen LogP contribution is 2.44. The van der Waals surface area contributed by atoms with Crippen LogP contribution in [0.5, 0.6) is 5.75 Å². The number of hydrogen-bond acceptors (Lipinski definition) is 3. The number of alkyl halides is 3. The van der Waals surface area contributed by atoms with E-state index in [4.69, 9.17) is 0 Å². The van der Waals surface area contributed by atoms with E-state index in [-0.39, 0.29) is 5.56 Å². The standard InChI is InChI=1S/C20H23F4NO2/c1-12-7-14(8-13(2)25-12)10-19(27,20(22,23)24)11-18(3,4)16-6-5-15(21)9-17(16)26/h5-9,26-27H,10-11H2,1-4H3. The minimum absolute atomic E-state index is 0.133. The Labute approximate surface area is 155 Å². The molecule has 0 aliphatic heterocycles. The number of phenols is 1. The first kappa shape index (κ1) is 21.2. The van der Waals surface area contributed by atoms with E-state index in [1.165, 1.54) is 32.0 Å². The molecule has 2 rings (SSSR count). The van der Waals surface area contributed by atoms with E-state index < -0.39 is 41.6 Å². The van der Waals surface area contributed by atoms with Crippen molar-refractivity contribution in [2.24, 2.45) is 0 Å². The number of hydrogen-bond donors (Lipinski definition) is 2. The van der Waals surface area contributed by atoms with Gasteiger partial charge < -0.3 is 10.2 Å². The number of aryl methyl sites for hydroxylation is 2. The molecule has 0 saturated heterocycles. The number of benzene rings is 1. The van der Waals surface area contributed by atoms with Crippen LogP contribution in [0, 0.1) is 19.7 Å². The van der Waals surface area contributed by atoms with Gasteiger partial charge in [0.2, 0.25) is 0 Å². The fourth-order valence-electron chi connectivity index (χ4n) is 3.53. The van der Waals surface area contributed by atoms with Gasteiger partial charge in [-0.2, -0.15) is 13.2 Å². The summed E-state index contributed by atoms with van der Waals surface area (Å²) in [6.07, 6.45) is -6.25. The number of aliphatic hydroxyl groups is 1. The molecule has 2 aromatic rings. The van der Waals surface area contributed by atoms with Crippen molar-refractivity contribution in [1.82, 2.24) is 4.98 Å². The van der Waals surface area contributed by atoms with Crippen molar-refractivity contribution in [2.75, 3.05) is 0 Å². The molecule has 0 radical (unpaired) electrons. The first-order valence-electron chi connectivity index (χ1n) is 8.46. The van der Waals surface area contributed by atoms with Crippen LogP contribution in [-0.4, -0.2) is 27.0 Å². The molecule has 1 unspecified atom stereocenters. The van der Waals surface area contributed by atoms with Crippen molar-refractivity contribution in [3.05, 3.63) is 58.7 Å². The van der Waals surface area contributed by atoms with Crippen LogP contribution in [0.25, 0.3) is 0 Å². The lowest BCUT2D eigenvalue weighted by molar-refractivity contribution is -0.266. The maximum absolute atomic E-state index is 13.8. The molecule has 2 N–H and O–H groups in total. The number of pyridine rings is 1. The van der Waals surface area contributed by atoms with Crippen molar-refractivity contribution < 1.29 is 27.8 Å². The molecular weight excluding hydrogens is 362 g/mol. The minimum atomic E-state index is -4.90. The summed E-state index contributed by atoms with van der Waals surface area (Å²) >= 11 is 0. The van der Waals surface area contributed by atoms with Crippen LogP contribution in [0.15, 0.2) is 30.3 Å². The Bertz CT molecular complexity index is 813. The highest BCUT2D eigenvalue weighted by atomic mass is 19.4. The predicted octanol–water partition coefficient (Wildman–Crippen LogP) is 4.75. The molecule has 0 bridgehead atoms. The molecule has 1 atom stereocenters. The summed E-state index contributed by atoms with van der Waals surface area (Å²) in [6.45, 7) is 6.28. The Morgan fingerprint density at radius 3 is 2.04 bits per heavy atom. The molecule has 1 heterocycles. The van der Waals surface area contributed by atoms with Crippen LogP contribution in [0.4, 0.5) is 17.6 Å². The number of aromatic nitrogens is 1. The third kappa shape index (κ3) is 4.77. The molecule has 1 aromatic heterocycles. The smallest absolute Gasteiger partial charge is 0.417 e. The SMILES string of the molecule is Cc1cc(CC(O)(CC(C)(C)c2ccc(F)cc2O)C(F)(F)F)cc(C)n1. The zero-order valence-corrected chi connectivity index (χ0v) is 15.7. The second-order valence-corrected chi connectivity index (χ2v) is 7.69. The first-order valence-corrected chi connectivity index (χ1v) is 8.46. The molecule has 7 heteroatoms. The van der Waals surface area contributed by atoms with Gasteiger partial charge in [-0.1, -0.05) is 19.9 Å². The summed E-state index contributed by atoms with van der Waals surface area (Å²) in [5.41, 5.74) is -2.72. The van der Waals surface area contributed by atoms with E-state index in [1.807, 2.05) is 0 Å². The van der Waals surface area contributed by atoms with Gasteiger partial charge in [-0.3, -0.25) is 4.98 Å². The van der Waals surface area contributed by atoms with Crippen molar-refractivity contribution in [3.63, 3.8) is 0 Å². The number of aromatic hydroxyl groups is 1. The molecule has 0 fully saturated rings. The van der Waals surface area contributed by atoms with Gasteiger partial charge in [0, 0.05) is 23.9 Å². The molecule has 3 nitrogen and oxygen atoms in total. The van der Waals surface area contributed by atoms with Crippen LogP contribution >= 0.6 is 0 Å². The normalized spacial score (nSPS) is 14.9.